The topological polar surface area (TPSA) is 83.3 Å². The molecule has 3 aromatic rings. The Morgan fingerprint density at radius 3 is 2.45 bits per heavy atom. The van der Waals surface area contributed by atoms with Gasteiger partial charge in [-0.2, -0.15) is 5.10 Å². The van der Waals surface area contributed by atoms with E-state index in [0.717, 1.165) is 28.3 Å². The molecule has 0 bridgehead atoms. The fourth-order valence-electron chi connectivity index (χ4n) is 3.03. The zero-order valence-electron chi connectivity index (χ0n) is 16.9. The van der Waals surface area contributed by atoms with Gasteiger partial charge in [0, 0.05) is 25.0 Å². The van der Waals surface area contributed by atoms with E-state index in [1.165, 1.54) is 0 Å². The van der Waals surface area contributed by atoms with E-state index in [4.69, 9.17) is 0 Å². The van der Waals surface area contributed by atoms with E-state index >= 15 is 0 Å². The average Bonchev–Trinajstić information content (AvgIpc) is 3.07. The van der Waals surface area contributed by atoms with Gasteiger partial charge >= 0.3 is 0 Å². The minimum Gasteiger partial charge on any atom is -0.352 e. The molecule has 0 aliphatic carbocycles. The van der Waals surface area contributed by atoms with Crippen LogP contribution >= 0.6 is 0 Å². The van der Waals surface area contributed by atoms with Crippen LogP contribution < -0.4 is 16.0 Å². The smallest absolute Gasteiger partial charge is 0.243 e. The molecule has 1 amide bonds. The lowest BCUT2D eigenvalue weighted by molar-refractivity contribution is -0.115. The zero-order valence-corrected chi connectivity index (χ0v) is 16.9. The number of anilines is 1. The van der Waals surface area contributed by atoms with Gasteiger partial charge in [-0.05, 0) is 43.7 Å². The summed E-state index contributed by atoms with van der Waals surface area (Å²) in [6.07, 6.45) is 0. The third kappa shape index (κ3) is 5.44. The third-order valence-corrected chi connectivity index (χ3v) is 4.37. The molecule has 1 heterocycles. The molecule has 1 aromatic heterocycles. The van der Waals surface area contributed by atoms with Crippen molar-refractivity contribution in [2.24, 2.45) is 4.99 Å². The highest BCUT2D eigenvalue weighted by Gasteiger charge is 2.10. The first-order valence-electron chi connectivity index (χ1n) is 9.48. The summed E-state index contributed by atoms with van der Waals surface area (Å²) in [6, 6.07) is 19.5. The molecule has 29 heavy (non-hydrogen) atoms. The second-order valence-electron chi connectivity index (χ2n) is 6.66. The third-order valence-electron chi connectivity index (χ3n) is 4.37. The van der Waals surface area contributed by atoms with Crippen LogP contribution in [0.15, 0.2) is 65.7 Å². The molecule has 0 saturated carbocycles. The standard InChI is InChI=1S/C22H26N6O/c1-16-13-17(2)28(27-16)20-12-8-7-9-18(20)14-24-22(23-3)25-15-21(29)26-19-10-5-4-6-11-19/h4-13H,14-15H2,1-3H3,(H,26,29)(H2,23,24,25). The van der Waals surface area contributed by atoms with Gasteiger partial charge in [0.15, 0.2) is 5.96 Å². The van der Waals surface area contributed by atoms with Crippen LogP contribution in [0.25, 0.3) is 5.69 Å². The van der Waals surface area contributed by atoms with Crippen molar-refractivity contribution in [3.05, 3.63) is 77.6 Å². The molecule has 3 rings (SSSR count). The summed E-state index contributed by atoms with van der Waals surface area (Å²) >= 11 is 0. The number of hydrogen-bond donors (Lipinski definition) is 3. The van der Waals surface area contributed by atoms with E-state index in [0.29, 0.717) is 12.5 Å². The van der Waals surface area contributed by atoms with Gasteiger partial charge < -0.3 is 16.0 Å². The summed E-state index contributed by atoms with van der Waals surface area (Å²) in [5.74, 6) is 0.415. The molecule has 0 aliphatic rings. The molecule has 2 aromatic carbocycles. The minimum atomic E-state index is -0.137. The number of carbonyl (C=O) groups is 1. The Bertz CT molecular complexity index is 994. The molecule has 0 aliphatic heterocycles. The second-order valence-corrected chi connectivity index (χ2v) is 6.66. The normalized spacial score (nSPS) is 11.2. The number of amides is 1. The Hall–Kier alpha value is -3.61. The fourth-order valence-corrected chi connectivity index (χ4v) is 3.03. The molecular weight excluding hydrogens is 364 g/mol. The second kappa shape index (κ2) is 9.54. The maximum Gasteiger partial charge on any atom is 0.243 e. The van der Waals surface area contributed by atoms with Crippen LogP contribution in [0, 0.1) is 13.8 Å². The van der Waals surface area contributed by atoms with E-state index in [9.17, 15) is 4.79 Å². The predicted molar refractivity (Wildman–Crippen MR) is 116 cm³/mol. The number of benzene rings is 2. The number of aromatic nitrogens is 2. The summed E-state index contributed by atoms with van der Waals surface area (Å²) in [4.78, 5) is 16.3. The fraction of sp³-hybridized carbons (Fsp3) is 0.227. The van der Waals surface area contributed by atoms with E-state index in [2.05, 4.69) is 32.1 Å². The number of para-hydroxylation sites is 2. The van der Waals surface area contributed by atoms with Crippen LogP contribution in [0.2, 0.25) is 0 Å². The Kier molecular flexibility index (Phi) is 6.63. The SMILES string of the molecule is CN=C(NCC(=O)Nc1ccccc1)NCc1ccccc1-n1nc(C)cc1C. The quantitative estimate of drug-likeness (QED) is 0.446. The number of aryl methyl sites for hydroxylation is 2. The van der Waals surface area contributed by atoms with Gasteiger partial charge in [0.25, 0.3) is 0 Å². The summed E-state index contributed by atoms with van der Waals surface area (Å²) in [5.41, 5.74) is 4.92. The van der Waals surface area contributed by atoms with E-state index in [1.54, 1.807) is 7.05 Å². The number of rotatable bonds is 6. The van der Waals surface area contributed by atoms with Crippen molar-refractivity contribution in [2.45, 2.75) is 20.4 Å². The number of nitrogens with one attached hydrogen (secondary N) is 3. The maximum atomic E-state index is 12.1. The first kappa shape index (κ1) is 20.1. The Morgan fingerprint density at radius 1 is 1.03 bits per heavy atom. The van der Waals surface area contributed by atoms with Crippen LogP contribution in [0.3, 0.4) is 0 Å². The molecule has 0 saturated heterocycles. The highest BCUT2D eigenvalue weighted by Crippen LogP contribution is 2.16. The zero-order chi connectivity index (χ0) is 20.6. The molecular formula is C22H26N6O. The minimum absolute atomic E-state index is 0.119. The lowest BCUT2D eigenvalue weighted by atomic mass is 10.1. The van der Waals surface area contributed by atoms with Crippen molar-refractivity contribution in [3.63, 3.8) is 0 Å². The Labute approximate surface area is 170 Å². The molecule has 3 N–H and O–H groups in total. The van der Waals surface area contributed by atoms with Crippen molar-refractivity contribution < 1.29 is 4.79 Å². The molecule has 0 spiro atoms. The van der Waals surface area contributed by atoms with Gasteiger partial charge in [-0.3, -0.25) is 9.79 Å². The number of carbonyl (C=O) groups excluding carboxylic acids is 1. The van der Waals surface area contributed by atoms with Gasteiger partial charge in [0.2, 0.25) is 5.91 Å². The molecule has 0 radical (unpaired) electrons. The van der Waals surface area contributed by atoms with Crippen molar-refractivity contribution in [1.82, 2.24) is 20.4 Å². The first-order valence-corrected chi connectivity index (χ1v) is 9.48. The van der Waals surface area contributed by atoms with Crippen molar-refractivity contribution in [3.8, 4) is 5.69 Å². The highest BCUT2D eigenvalue weighted by atomic mass is 16.1. The van der Waals surface area contributed by atoms with Gasteiger partial charge in [-0.25, -0.2) is 4.68 Å². The largest absolute Gasteiger partial charge is 0.352 e. The van der Waals surface area contributed by atoms with E-state index in [1.807, 2.05) is 73.1 Å². The van der Waals surface area contributed by atoms with Crippen LogP contribution in [-0.4, -0.2) is 35.2 Å². The highest BCUT2D eigenvalue weighted by molar-refractivity contribution is 5.94. The molecule has 7 heteroatoms. The molecule has 150 valence electrons. The number of nitrogens with zero attached hydrogens (tertiary/aromatic N) is 3. The van der Waals surface area contributed by atoms with E-state index in [-0.39, 0.29) is 12.5 Å². The Balaban J connectivity index is 1.59. The van der Waals surface area contributed by atoms with Gasteiger partial charge in [-0.1, -0.05) is 36.4 Å². The van der Waals surface area contributed by atoms with Crippen molar-refractivity contribution >= 4 is 17.6 Å². The molecule has 0 unspecified atom stereocenters. The summed E-state index contributed by atoms with van der Waals surface area (Å²) in [7, 11) is 1.68. The monoisotopic (exact) mass is 390 g/mol. The van der Waals surface area contributed by atoms with Crippen LogP contribution in [0.1, 0.15) is 17.0 Å². The Morgan fingerprint density at radius 2 is 1.76 bits per heavy atom. The van der Waals surface area contributed by atoms with Crippen LogP contribution in [-0.2, 0) is 11.3 Å². The predicted octanol–water partition coefficient (Wildman–Crippen LogP) is 2.79. The first-order chi connectivity index (χ1) is 14.1. The van der Waals surface area contributed by atoms with Crippen LogP contribution in [0.4, 0.5) is 5.69 Å². The molecule has 0 fully saturated rings. The van der Waals surface area contributed by atoms with Crippen LogP contribution in [0.5, 0.6) is 0 Å². The molecule has 7 nitrogen and oxygen atoms in total. The summed E-state index contributed by atoms with van der Waals surface area (Å²) in [5, 5.41) is 13.7. The van der Waals surface area contributed by atoms with Gasteiger partial charge in [0.1, 0.15) is 0 Å². The number of aliphatic imine (C=N–C) groups is 1. The van der Waals surface area contributed by atoms with Crippen molar-refractivity contribution in [1.29, 1.82) is 0 Å². The number of guanidine groups is 1. The van der Waals surface area contributed by atoms with Crippen molar-refractivity contribution in [2.75, 3.05) is 18.9 Å². The number of hydrogen-bond acceptors (Lipinski definition) is 3. The summed E-state index contributed by atoms with van der Waals surface area (Å²) in [6.45, 7) is 4.69. The lowest BCUT2D eigenvalue weighted by Gasteiger charge is -2.15. The van der Waals surface area contributed by atoms with Gasteiger partial charge in [0.05, 0.1) is 17.9 Å². The molecule has 0 atom stereocenters. The maximum absolute atomic E-state index is 12.1. The lowest BCUT2D eigenvalue weighted by Crippen LogP contribution is -2.41. The summed E-state index contributed by atoms with van der Waals surface area (Å²) < 4.78 is 1.94. The van der Waals surface area contributed by atoms with Gasteiger partial charge in [-0.15, -0.1) is 0 Å². The average molecular weight is 390 g/mol. The van der Waals surface area contributed by atoms with E-state index < -0.39 is 0 Å².